The van der Waals surface area contributed by atoms with Crippen LogP contribution in [0, 0.1) is 41.4 Å². The van der Waals surface area contributed by atoms with Crippen LogP contribution in [0.15, 0.2) is 12.7 Å². The lowest BCUT2D eigenvalue weighted by Gasteiger charge is -2.62. The van der Waals surface area contributed by atoms with Crippen LogP contribution in [-0.2, 0) is 8.85 Å². The molecular weight excluding hydrogens is 501 g/mol. The SMILES string of the molecule is C=CC1(O)C(C)[C@@H]2[C@@H](C#C[C@H](CC3CCCCC3)O[Si](C)(C)C(C)(C)C)[C@H](O[Si](C)(C)C(C)(C)C)CC[C@@H]21. The second-order valence-corrected chi connectivity index (χ2v) is 25.5. The molecule has 5 heteroatoms. The van der Waals surface area contributed by atoms with Gasteiger partial charge in [-0.15, -0.1) is 6.58 Å². The highest BCUT2D eigenvalue weighted by Gasteiger charge is 2.62. The van der Waals surface area contributed by atoms with Crippen LogP contribution < -0.4 is 0 Å². The average molecular weight is 561 g/mol. The zero-order chi connectivity index (χ0) is 28.7. The van der Waals surface area contributed by atoms with Crippen LogP contribution in [0.1, 0.15) is 99.8 Å². The first kappa shape index (κ1) is 32.1. The quantitative estimate of drug-likeness (QED) is 0.192. The minimum absolute atomic E-state index is 0.0124. The number of aliphatic hydroxyl groups is 1. The monoisotopic (exact) mass is 560 g/mol. The fraction of sp³-hybridized carbons (Fsp3) is 0.879. The summed E-state index contributed by atoms with van der Waals surface area (Å²) < 4.78 is 14.1. The van der Waals surface area contributed by atoms with Gasteiger partial charge < -0.3 is 14.0 Å². The predicted octanol–water partition coefficient (Wildman–Crippen LogP) is 8.95. The number of hydrogen-bond donors (Lipinski definition) is 1. The molecule has 0 radical (unpaired) electrons. The Morgan fingerprint density at radius 2 is 1.53 bits per heavy atom. The van der Waals surface area contributed by atoms with Gasteiger partial charge in [-0.25, -0.2) is 0 Å². The van der Waals surface area contributed by atoms with E-state index < -0.39 is 22.2 Å². The van der Waals surface area contributed by atoms with Crippen LogP contribution >= 0.6 is 0 Å². The molecule has 0 heterocycles. The van der Waals surface area contributed by atoms with Crippen LogP contribution in [0.2, 0.25) is 36.3 Å². The molecule has 38 heavy (non-hydrogen) atoms. The molecule has 3 saturated carbocycles. The van der Waals surface area contributed by atoms with E-state index in [0.29, 0.717) is 5.92 Å². The summed E-state index contributed by atoms with van der Waals surface area (Å²) in [4.78, 5) is 0. The molecule has 0 aromatic carbocycles. The lowest BCUT2D eigenvalue weighted by Crippen LogP contribution is -2.66. The number of fused-ring (bicyclic) bond motifs is 1. The van der Waals surface area contributed by atoms with Gasteiger partial charge in [0.25, 0.3) is 0 Å². The summed E-state index contributed by atoms with van der Waals surface area (Å²) in [6, 6.07) is 0. The lowest BCUT2D eigenvalue weighted by atomic mass is 9.46. The van der Waals surface area contributed by atoms with Crippen molar-refractivity contribution in [3.05, 3.63) is 12.7 Å². The van der Waals surface area contributed by atoms with E-state index >= 15 is 0 Å². The van der Waals surface area contributed by atoms with E-state index in [1.54, 1.807) is 6.08 Å². The predicted molar refractivity (Wildman–Crippen MR) is 167 cm³/mol. The Labute approximate surface area is 238 Å². The van der Waals surface area contributed by atoms with Gasteiger partial charge in [0.15, 0.2) is 16.6 Å². The second-order valence-electron chi connectivity index (χ2n) is 16.0. The van der Waals surface area contributed by atoms with Crippen molar-refractivity contribution >= 4 is 16.6 Å². The number of rotatable bonds is 7. The van der Waals surface area contributed by atoms with Gasteiger partial charge in [0.1, 0.15) is 6.10 Å². The summed E-state index contributed by atoms with van der Waals surface area (Å²) in [5, 5.41) is 11.7. The molecule has 0 spiro atoms. The van der Waals surface area contributed by atoms with Crippen molar-refractivity contribution < 1.29 is 14.0 Å². The minimum atomic E-state index is -1.96. The first-order valence-electron chi connectivity index (χ1n) is 15.6. The largest absolute Gasteiger partial charge is 0.413 e. The molecule has 1 N–H and O–H groups in total. The van der Waals surface area contributed by atoms with E-state index in [-0.39, 0.29) is 40.0 Å². The highest BCUT2D eigenvalue weighted by Crippen LogP contribution is 2.59. The van der Waals surface area contributed by atoms with E-state index in [1.807, 2.05) is 0 Å². The summed E-state index contributed by atoms with van der Waals surface area (Å²) in [6.07, 6.45) is 11.6. The average Bonchev–Trinajstić information content (AvgIpc) is 2.80. The zero-order valence-electron chi connectivity index (χ0n) is 26.7. The van der Waals surface area contributed by atoms with Crippen molar-refractivity contribution in [3.8, 4) is 11.8 Å². The van der Waals surface area contributed by atoms with Crippen molar-refractivity contribution in [2.24, 2.45) is 29.6 Å². The molecule has 3 fully saturated rings. The van der Waals surface area contributed by atoms with Gasteiger partial charge in [0.05, 0.1) is 11.7 Å². The molecule has 3 nitrogen and oxygen atoms in total. The highest BCUT2D eigenvalue weighted by atomic mass is 28.4. The van der Waals surface area contributed by atoms with Gasteiger partial charge >= 0.3 is 0 Å². The van der Waals surface area contributed by atoms with Crippen LogP contribution in [0.25, 0.3) is 0 Å². The molecule has 0 amide bonds. The molecule has 3 aliphatic carbocycles. The molecule has 2 unspecified atom stereocenters. The van der Waals surface area contributed by atoms with E-state index in [2.05, 4.69) is 93.1 Å². The number of hydrogen-bond acceptors (Lipinski definition) is 3. The normalized spacial score (nSPS) is 33.9. The summed E-state index contributed by atoms with van der Waals surface area (Å²) in [7, 11) is -3.92. The minimum Gasteiger partial charge on any atom is -0.413 e. The van der Waals surface area contributed by atoms with E-state index in [4.69, 9.17) is 8.85 Å². The first-order chi connectivity index (χ1) is 17.3. The molecule has 0 saturated heterocycles. The van der Waals surface area contributed by atoms with Crippen molar-refractivity contribution in [1.82, 2.24) is 0 Å². The van der Waals surface area contributed by atoms with Crippen molar-refractivity contribution in [1.29, 1.82) is 0 Å². The van der Waals surface area contributed by atoms with Crippen LogP contribution in [0.4, 0.5) is 0 Å². The smallest absolute Gasteiger partial charge is 0.193 e. The molecule has 0 aromatic heterocycles. The van der Waals surface area contributed by atoms with Crippen LogP contribution in [0.5, 0.6) is 0 Å². The molecule has 3 aliphatic rings. The summed E-state index contributed by atoms with van der Waals surface area (Å²) in [5.74, 6) is 9.17. The van der Waals surface area contributed by atoms with Gasteiger partial charge in [-0.2, -0.15) is 0 Å². The van der Waals surface area contributed by atoms with E-state index in [1.165, 1.54) is 32.1 Å². The third kappa shape index (κ3) is 6.57. The van der Waals surface area contributed by atoms with Gasteiger partial charge in [-0.1, -0.05) is 98.5 Å². The summed E-state index contributed by atoms with van der Waals surface area (Å²) >= 11 is 0. The van der Waals surface area contributed by atoms with Crippen LogP contribution in [-0.4, -0.2) is 39.6 Å². The van der Waals surface area contributed by atoms with Gasteiger partial charge in [0.2, 0.25) is 0 Å². The highest BCUT2D eigenvalue weighted by molar-refractivity contribution is 6.74. The Morgan fingerprint density at radius 1 is 0.947 bits per heavy atom. The van der Waals surface area contributed by atoms with Crippen LogP contribution in [0.3, 0.4) is 0 Å². The Hall–Kier alpha value is -0.386. The zero-order valence-corrected chi connectivity index (χ0v) is 28.7. The Bertz CT molecular complexity index is 881. The molecular formula is C33H60O3Si2. The second kappa shape index (κ2) is 11.5. The molecule has 0 aliphatic heterocycles. The third-order valence-electron chi connectivity index (χ3n) is 11.4. The maximum absolute atomic E-state index is 11.4. The topological polar surface area (TPSA) is 38.7 Å². The Kier molecular flexibility index (Phi) is 9.70. The maximum atomic E-state index is 11.4. The lowest BCUT2D eigenvalue weighted by molar-refractivity contribution is -0.199. The molecule has 0 bridgehead atoms. The Morgan fingerprint density at radius 3 is 2.05 bits per heavy atom. The van der Waals surface area contributed by atoms with Crippen molar-refractivity contribution in [3.63, 3.8) is 0 Å². The van der Waals surface area contributed by atoms with Crippen molar-refractivity contribution in [2.75, 3.05) is 0 Å². The molecule has 0 aromatic rings. The Balaban J connectivity index is 1.94. The van der Waals surface area contributed by atoms with Gasteiger partial charge in [0, 0.05) is 5.92 Å². The molecule has 218 valence electrons. The summed E-state index contributed by atoms with van der Waals surface area (Å²) in [6.45, 7) is 29.6. The third-order valence-corrected chi connectivity index (χ3v) is 20.4. The molecule has 7 atom stereocenters. The maximum Gasteiger partial charge on any atom is 0.193 e. The fourth-order valence-electron chi connectivity index (χ4n) is 6.74. The first-order valence-corrected chi connectivity index (χ1v) is 21.4. The standard InChI is InChI=1S/C33H60O3Si2/c1-13-33(34)24(2)30-27(29(22-21-28(30)33)36-38(11,12)32(6,7)8)20-19-26(23-25-17-15-14-16-18-25)35-37(9,10)31(3,4)5/h13,24-30,34H,1,14-18,21-23H2,2-12H3/t24?,26-,27+,28+,29-,30-,33?/m1/s1. The van der Waals surface area contributed by atoms with E-state index in [9.17, 15) is 5.11 Å². The van der Waals surface area contributed by atoms with Crippen molar-refractivity contribution in [2.45, 2.75) is 154 Å². The van der Waals surface area contributed by atoms with Gasteiger partial charge in [-0.3, -0.25) is 0 Å². The van der Waals surface area contributed by atoms with Gasteiger partial charge in [-0.05, 0) is 79.2 Å². The van der Waals surface area contributed by atoms with E-state index in [0.717, 1.165) is 25.2 Å². The molecule has 3 rings (SSSR count). The fourth-order valence-corrected chi connectivity index (χ4v) is 9.33. The summed E-state index contributed by atoms with van der Waals surface area (Å²) in [5.41, 5.74) is -0.772.